The monoisotopic (exact) mass is 347 g/mol. The molecule has 0 aliphatic carbocycles. The van der Waals surface area contributed by atoms with Gasteiger partial charge in [-0.15, -0.1) is 0 Å². The summed E-state index contributed by atoms with van der Waals surface area (Å²) in [5.74, 6) is -4.03. The summed E-state index contributed by atoms with van der Waals surface area (Å²) in [5, 5.41) is 18.3. The molecule has 0 fully saturated rings. The second-order valence-electron chi connectivity index (χ2n) is 3.64. The third-order valence-corrected chi connectivity index (χ3v) is 2.86. The number of hydrogen-bond donors (Lipinski definition) is 2. The van der Waals surface area contributed by atoms with Crippen molar-refractivity contribution in [1.82, 2.24) is 5.06 Å². The molecule has 0 saturated heterocycles. The topological polar surface area (TPSA) is 87.1 Å². The van der Waals surface area contributed by atoms with Crippen molar-refractivity contribution >= 4 is 27.8 Å². The van der Waals surface area contributed by atoms with Gasteiger partial charge in [0, 0.05) is 0 Å². The number of carboxylic acid groups (broad SMARTS) is 1. The van der Waals surface area contributed by atoms with Gasteiger partial charge in [0.1, 0.15) is 5.82 Å². The lowest BCUT2D eigenvalue weighted by Gasteiger charge is -2.18. The van der Waals surface area contributed by atoms with Gasteiger partial charge in [0.15, 0.2) is 0 Å². The van der Waals surface area contributed by atoms with Gasteiger partial charge in [-0.05, 0) is 33.6 Å². The molecular formula is C12H11BrFNO5. The molecule has 0 aliphatic rings. The Kier molecular flexibility index (Phi) is 5.66. The number of rotatable bonds is 5. The van der Waals surface area contributed by atoms with Crippen LogP contribution in [0.15, 0.2) is 34.5 Å². The molecular weight excluding hydrogens is 337 g/mol. The molecule has 0 saturated carbocycles. The van der Waals surface area contributed by atoms with E-state index in [0.717, 1.165) is 5.06 Å². The number of aliphatic carboxylic acids is 1. The molecule has 108 valence electrons. The van der Waals surface area contributed by atoms with Crippen molar-refractivity contribution < 1.29 is 29.0 Å². The number of carbonyl (C=O) groups is 2. The Morgan fingerprint density at radius 2 is 2.10 bits per heavy atom. The van der Waals surface area contributed by atoms with E-state index in [1.54, 1.807) is 0 Å². The van der Waals surface area contributed by atoms with Gasteiger partial charge in [0.05, 0.1) is 24.2 Å². The summed E-state index contributed by atoms with van der Waals surface area (Å²) in [6.45, 7) is -0.0440. The number of aliphatic hydroxyl groups is 1. The highest BCUT2D eigenvalue weighted by Crippen LogP contribution is 2.18. The highest BCUT2D eigenvalue weighted by molar-refractivity contribution is 9.10. The quantitative estimate of drug-likeness (QED) is 0.483. The van der Waals surface area contributed by atoms with Crippen LogP contribution in [0.5, 0.6) is 0 Å². The summed E-state index contributed by atoms with van der Waals surface area (Å²) in [4.78, 5) is 26.9. The van der Waals surface area contributed by atoms with Crippen molar-refractivity contribution in [3.63, 3.8) is 0 Å². The van der Waals surface area contributed by atoms with Gasteiger partial charge in [0.2, 0.25) is 5.76 Å². The maximum Gasteiger partial charge on any atom is 0.371 e. The minimum atomic E-state index is -1.63. The smallest absolute Gasteiger partial charge is 0.371 e. The first-order valence-corrected chi connectivity index (χ1v) is 6.08. The van der Waals surface area contributed by atoms with E-state index in [1.165, 1.54) is 25.3 Å². The summed E-state index contributed by atoms with van der Waals surface area (Å²) < 4.78 is 13.3. The second-order valence-corrected chi connectivity index (χ2v) is 4.49. The molecule has 0 spiro atoms. The van der Waals surface area contributed by atoms with Crippen molar-refractivity contribution in [2.24, 2.45) is 0 Å². The molecule has 2 N–H and O–H groups in total. The normalized spacial score (nSPS) is 11.2. The molecule has 0 bridgehead atoms. The van der Waals surface area contributed by atoms with E-state index >= 15 is 0 Å². The average Bonchev–Trinajstić information content (AvgIpc) is 2.39. The largest absolute Gasteiger partial charge is 0.502 e. The lowest BCUT2D eigenvalue weighted by atomic mass is 10.2. The van der Waals surface area contributed by atoms with Crippen LogP contribution in [-0.4, -0.2) is 34.3 Å². The van der Waals surface area contributed by atoms with Crippen LogP contribution in [0.4, 0.5) is 4.39 Å². The maximum absolute atomic E-state index is 13.1. The minimum absolute atomic E-state index is 0.0440. The van der Waals surface area contributed by atoms with Crippen molar-refractivity contribution in [2.75, 3.05) is 7.11 Å². The zero-order valence-corrected chi connectivity index (χ0v) is 11.9. The Morgan fingerprint density at radius 3 is 2.60 bits per heavy atom. The number of halogens is 2. The van der Waals surface area contributed by atoms with E-state index in [2.05, 4.69) is 15.9 Å². The Hall–Kier alpha value is -1.93. The summed E-state index contributed by atoms with van der Waals surface area (Å²) >= 11 is 3.01. The molecule has 0 atom stereocenters. The zero-order chi connectivity index (χ0) is 15.3. The number of amides is 1. The number of benzene rings is 1. The molecule has 0 aliphatic heterocycles. The third-order valence-electron chi connectivity index (χ3n) is 2.26. The third kappa shape index (κ3) is 4.32. The van der Waals surface area contributed by atoms with Crippen molar-refractivity contribution in [3.05, 3.63) is 45.9 Å². The van der Waals surface area contributed by atoms with Crippen LogP contribution in [0, 0.1) is 5.82 Å². The number of nitrogens with zero attached hydrogens (tertiary/aromatic N) is 1. The molecule has 0 heterocycles. The van der Waals surface area contributed by atoms with Crippen molar-refractivity contribution in [2.45, 2.75) is 6.54 Å². The van der Waals surface area contributed by atoms with E-state index < -0.39 is 23.5 Å². The molecule has 0 radical (unpaired) electrons. The van der Waals surface area contributed by atoms with Crippen molar-refractivity contribution in [1.29, 1.82) is 0 Å². The molecule has 1 rings (SSSR count). The molecule has 1 aromatic carbocycles. The van der Waals surface area contributed by atoms with Crippen LogP contribution >= 0.6 is 15.9 Å². The number of aliphatic hydroxyl groups excluding tert-OH is 1. The van der Waals surface area contributed by atoms with Crippen LogP contribution in [-0.2, 0) is 21.0 Å². The fraction of sp³-hybridized carbons (Fsp3) is 0.167. The van der Waals surface area contributed by atoms with E-state index in [1.807, 2.05) is 0 Å². The number of hydrogen-bond acceptors (Lipinski definition) is 4. The fourth-order valence-corrected chi connectivity index (χ4v) is 1.71. The predicted octanol–water partition coefficient (Wildman–Crippen LogP) is 2.00. The van der Waals surface area contributed by atoms with E-state index in [0.29, 0.717) is 11.6 Å². The summed E-state index contributed by atoms with van der Waals surface area (Å²) in [5.41, 5.74) is 0.552. The molecule has 0 unspecified atom stereocenters. The minimum Gasteiger partial charge on any atom is -0.502 e. The van der Waals surface area contributed by atoms with Crippen LogP contribution in [0.1, 0.15) is 5.56 Å². The van der Waals surface area contributed by atoms with Gasteiger partial charge in [0.25, 0.3) is 5.91 Å². The van der Waals surface area contributed by atoms with Gasteiger partial charge in [-0.1, -0.05) is 6.07 Å². The van der Waals surface area contributed by atoms with Gasteiger partial charge < -0.3 is 10.2 Å². The summed E-state index contributed by atoms with van der Waals surface area (Å²) in [7, 11) is 1.21. The van der Waals surface area contributed by atoms with E-state index in [4.69, 9.17) is 15.1 Å². The second kappa shape index (κ2) is 7.01. The Morgan fingerprint density at radius 1 is 1.45 bits per heavy atom. The average molecular weight is 348 g/mol. The molecule has 1 amide bonds. The van der Waals surface area contributed by atoms with Gasteiger partial charge >= 0.3 is 5.97 Å². The lowest BCUT2D eigenvalue weighted by molar-refractivity contribution is -0.173. The van der Waals surface area contributed by atoms with Gasteiger partial charge in [-0.3, -0.25) is 9.63 Å². The van der Waals surface area contributed by atoms with Gasteiger partial charge in [-0.2, -0.15) is 0 Å². The molecule has 20 heavy (non-hydrogen) atoms. The van der Waals surface area contributed by atoms with E-state index in [-0.39, 0.29) is 11.0 Å². The molecule has 0 aromatic heterocycles. The maximum atomic E-state index is 13.1. The van der Waals surface area contributed by atoms with Crippen molar-refractivity contribution in [3.8, 4) is 0 Å². The standard InChI is InChI=1S/C12H11BrFNO5/c1-20-15(11(17)5-10(16)12(18)19)6-7-2-3-9(14)8(13)4-7/h2-5,16H,6H2,1H3,(H,18,19)/b10-5-. The van der Waals surface area contributed by atoms with Crippen LogP contribution in [0.3, 0.4) is 0 Å². The van der Waals surface area contributed by atoms with Crippen LogP contribution < -0.4 is 0 Å². The molecule has 6 nitrogen and oxygen atoms in total. The SMILES string of the molecule is CON(Cc1ccc(F)c(Br)c1)C(=O)/C=C(\O)C(=O)O. The molecule has 8 heteroatoms. The Bertz CT molecular complexity index is 561. The first-order chi connectivity index (χ1) is 9.35. The summed E-state index contributed by atoms with van der Waals surface area (Å²) in [6, 6.07) is 4.11. The Balaban J connectivity index is 2.86. The number of carbonyl (C=O) groups excluding carboxylic acids is 1. The first-order valence-electron chi connectivity index (χ1n) is 5.28. The van der Waals surface area contributed by atoms with Crippen LogP contribution in [0.2, 0.25) is 0 Å². The lowest BCUT2D eigenvalue weighted by Crippen LogP contribution is -2.28. The highest BCUT2D eigenvalue weighted by atomic mass is 79.9. The predicted molar refractivity (Wildman–Crippen MR) is 70.0 cm³/mol. The van der Waals surface area contributed by atoms with Crippen LogP contribution in [0.25, 0.3) is 0 Å². The fourth-order valence-electron chi connectivity index (χ4n) is 1.29. The van der Waals surface area contributed by atoms with Gasteiger partial charge in [-0.25, -0.2) is 14.2 Å². The van der Waals surface area contributed by atoms with E-state index in [9.17, 15) is 14.0 Å². The molecule has 1 aromatic rings. The number of carboxylic acids is 1. The number of hydroxylamine groups is 2. The Labute approximate surface area is 122 Å². The summed E-state index contributed by atoms with van der Waals surface area (Å²) in [6.07, 6.45) is 0.518. The zero-order valence-electron chi connectivity index (χ0n) is 10.3. The highest BCUT2D eigenvalue weighted by Gasteiger charge is 2.15. The first kappa shape index (κ1) is 16.1.